The lowest BCUT2D eigenvalue weighted by Gasteiger charge is -2.28. The minimum Gasteiger partial charge on any atom is -0.316 e. The second kappa shape index (κ2) is 7.45. The van der Waals surface area contributed by atoms with Gasteiger partial charge in [-0.3, -0.25) is 4.98 Å². The average Bonchev–Trinajstić information content (AvgIpc) is 3.14. The summed E-state index contributed by atoms with van der Waals surface area (Å²) in [5.74, 6) is 0.333. The maximum absolute atomic E-state index is 13.5. The van der Waals surface area contributed by atoms with Gasteiger partial charge in [0.05, 0.1) is 5.52 Å². The summed E-state index contributed by atoms with van der Waals surface area (Å²) < 4.78 is 15.7. The van der Waals surface area contributed by atoms with E-state index in [-0.39, 0.29) is 5.82 Å². The van der Waals surface area contributed by atoms with Gasteiger partial charge in [0.1, 0.15) is 5.82 Å². The van der Waals surface area contributed by atoms with Crippen LogP contribution in [0.5, 0.6) is 0 Å². The molecule has 0 unspecified atom stereocenters. The highest BCUT2D eigenvalue weighted by Gasteiger charge is 2.23. The van der Waals surface area contributed by atoms with Gasteiger partial charge in [-0.25, -0.2) is 4.39 Å². The Labute approximate surface area is 170 Å². The van der Waals surface area contributed by atoms with Crippen LogP contribution in [0.15, 0.2) is 73.2 Å². The van der Waals surface area contributed by atoms with Crippen LogP contribution in [0.1, 0.15) is 24.3 Å². The number of fused-ring (bicyclic) bond motifs is 1. The van der Waals surface area contributed by atoms with Gasteiger partial charge >= 0.3 is 0 Å². The summed E-state index contributed by atoms with van der Waals surface area (Å²) in [7, 11) is 2.19. The molecule has 5 rings (SSSR count). The third-order valence-electron chi connectivity index (χ3n) is 6.09. The van der Waals surface area contributed by atoms with Crippen molar-refractivity contribution < 1.29 is 4.39 Å². The molecular weight excluding hydrogens is 361 g/mol. The highest BCUT2D eigenvalue weighted by Crippen LogP contribution is 2.37. The van der Waals surface area contributed by atoms with E-state index >= 15 is 0 Å². The fourth-order valence-electron chi connectivity index (χ4n) is 4.43. The van der Waals surface area contributed by atoms with Gasteiger partial charge in [0.25, 0.3) is 0 Å². The second-order valence-electron chi connectivity index (χ2n) is 7.98. The molecule has 0 bridgehead atoms. The molecule has 0 spiro atoms. The molecule has 2 aromatic carbocycles. The first-order chi connectivity index (χ1) is 14.2. The lowest BCUT2D eigenvalue weighted by Crippen LogP contribution is -2.29. The van der Waals surface area contributed by atoms with Crippen molar-refractivity contribution in [2.75, 3.05) is 20.1 Å². The molecule has 0 N–H and O–H groups in total. The van der Waals surface area contributed by atoms with E-state index in [0.717, 1.165) is 42.7 Å². The fraction of sp³-hybridized carbons (Fsp3) is 0.240. The molecular formula is C25H24FN3. The van der Waals surface area contributed by atoms with Crippen LogP contribution in [0.4, 0.5) is 4.39 Å². The number of hydrogen-bond donors (Lipinski definition) is 0. The zero-order chi connectivity index (χ0) is 19.8. The van der Waals surface area contributed by atoms with E-state index < -0.39 is 0 Å². The van der Waals surface area contributed by atoms with Crippen molar-refractivity contribution in [1.82, 2.24) is 14.5 Å². The molecule has 1 fully saturated rings. The summed E-state index contributed by atoms with van der Waals surface area (Å²) in [5, 5.41) is 1.28. The summed E-state index contributed by atoms with van der Waals surface area (Å²) in [6.07, 6.45) is 8.30. The van der Waals surface area contributed by atoms with E-state index in [0.29, 0.717) is 5.92 Å². The van der Waals surface area contributed by atoms with E-state index in [1.165, 1.54) is 28.6 Å². The summed E-state index contributed by atoms with van der Waals surface area (Å²) >= 11 is 0. The number of hydrogen-bond acceptors (Lipinski definition) is 2. The molecule has 4 aromatic rings. The van der Waals surface area contributed by atoms with Gasteiger partial charge in [0.2, 0.25) is 0 Å². The number of benzene rings is 2. The minimum absolute atomic E-state index is 0.209. The van der Waals surface area contributed by atoms with Crippen molar-refractivity contribution in [2.45, 2.75) is 18.8 Å². The number of piperidine rings is 1. The molecule has 1 aliphatic heterocycles. The van der Waals surface area contributed by atoms with Crippen molar-refractivity contribution in [3.63, 3.8) is 0 Å². The van der Waals surface area contributed by atoms with Gasteiger partial charge in [-0.1, -0.05) is 12.1 Å². The molecule has 0 aliphatic carbocycles. The Hall–Kier alpha value is -2.98. The second-order valence-corrected chi connectivity index (χ2v) is 7.98. The minimum atomic E-state index is -0.209. The van der Waals surface area contributed by atoms with Crippen molar-refractivity contribution in [3.05, 3.63) is 84.6 Å². The van der Waals surface area contributed by atoms with Gasteiger partial charge in [-0.15, -0.1) is 0 Å². The maximum Gasteiger partial charge on any atom is 0.123 e. The third-order valence-corrected chi connectivity index (χ3v) is 6.09. The smallest absolute Gasteiger partial charge is 0.123 e. The van der Waals surface area contributed by atoms with E-state index in [4.69, 9.17) is 0 Å². The number of pyridine rings is 1. The predicted molar refractivity (Wildman–Crippen MR) is 116 cm³/mol. The third kappa shape index (κ3) is 3.45. The monoisotopic (exact) mass is 385 g/mol. The number of likely N-dealkylation sites (tertiary alicyclic amines) is 1. The predicted octanol–water partition coefficient (Wildman–Crippen LogP) is 5.64. The van der Waals surface area contributed by atoms with Crippen LogP contribution < -0.4 is 0 Å². The van der Waals surface area contributed by atoms with E-state index in [1.807, 2.05) is 24.4 Å². The lowest BCUT2D eigenvalue weighted by molar-refractivity contribution is 0.256. The van der Waals surface area contributed by atoms with E-state index in [2.05, 4.69) is 52.0 Å². The van der Waals surface area contributed by atoms with Gasteiger partial charge in [-0.05, 0) is 92.5 Å². The van der Waals surface area contributed by atoms with Gasteiger partial charge in [0.15, 0.2) is 0 Å². The SMILES string of the molecule is CN1CCC(c2cn(-c3ccc(F)cc3)c3ccc(-c4cccnc4)cc23)CC1. The Morgan fingerprint density at radius 2 is 1.76 bits per heavy atom. The Morgan fingerprint density at radius 3 is 2.48 bits per heavy atom. The van der Waals surface area contributed by atoms with E-state index in [1.54, 1.807) is 6.20 Å². The van der Waals surface area contributed by atoms with Crippen LogP contribution in [-0.4, -0.2) is 34.6 Å². The van der Waals surface area contributed by atoms with Crippen LogP contribution >= 0.6 is 0 Å². The molecule has 1 aliphatic rings. The molecule has 3 heterocycles. The molecule has 0 saturated carbocycles. The first kappa shape index (κ1) is 18.1. The van der Waals surface area contributed by atoms with Gasteiger partial charge < -0.3 is 9.47 Å². The number of aromatic nitrogens is 2. The molecule has 4 heteroatoms. The largest absolute Gasteiger partial charge is 0.316 e. The fourth-order valence-corrected chi connectivity index (χ4v) is 4.43. The van der Waals surface area contributed by atoms with Crippen LogP contribution in [0.3, 0.4) is 0 Å². The number of halogens is 1. The molecule has 1 saturated heterocycles. The van der Waals surface area contributed by atoms with Crippen molar-refractivity contribution in [1.29, 1.82) is 0 Å². The molecule has 2 aromatic heterocycles. The van der Waals surface area contributed by atoms with Crippen molar-refractivity contribution in [3.8, 4) is 16.8 Å². The molecule has 29 heavy (non-hydrogen) atoms. The Balaban J connectivity index is 1.67. The van der Waals surface area contributed by atoms with Gasteiger partial charge in [-0.2, -0.15) is 0 Å². The quantitative estimate of drug-likeness (QED) is 0.455. The van der Waals surface area contributed by atoms with E-state index in [9.17, 15) is 4.39 Å². The van der Waals surface area contributed by atoms with Gasteiger partial charge in [0, 0.05) is 35.2 Å². The molecule has 3 nitrogen and oxygen atoms in total. The Bertz CT molecular complexity index is 1120. The maximum atomic E-state index is 13.5. The Morgan fingerprint density at radius 1 is 0.966 bits per heavy atom. The summed E-state index contributed by atoms with van der Waals surface area (Å²) in [5.41, 5.74) is 5.85. The summed E-state index contributed by atoms with van der Waals surface area (Å²) in [4.78, 5) is 6.68. The van der Waals surface area contributed by atoms with Crippen molar-refractivity contribution >= 4 is 10.9 Å². The average molecular weight is 385 g/mol. The summed E-state index contributed by atoms with van der Waals surface area (Å²) in [6.45, 7) is 2.24. The molecule has 146 valence electrons. The first-order valence-corrected chi connectivity index (χ1v) is 10.2. The highest BCUT2D eigenvalue weighted by atomic mass is 19.1. The number of nitrogens with zero attached hydrogens (tertiary/aromatic N) is 3. The summed E-state index contributed by atoms with van der Waals surface area (Å²) in [6, 6.07) is 17.4. The molecule has 0 atom stereocenters. The topological polar surface area (TPSA) is 21.1 Å². The van der Waals surface area contributed by atoms with Crippen LogP contribution in [-0.2, 0) is 0 Å². The molecule has 0 radical (unpaired) electrons. The van der Waals surface area contributed by atoms with Crippen LogP contribution in [0.25, 0.3) is 27.7 Å². The highest BCUT2D eigenvalue weighted by molar-refractivity contribution is 5.90. The number of rotatable bonds is 3. The zero-order valence-electron chi connectivity index (χ0n) is 16.6. The molecule has 0 amide bonds. The zero-order valence-corrected chi connectivity index (χ0v) is 16.6. The first-order valence-electron chi connectivity index (χ1n) is 10.2. The standard InChI is InChI=1S/C25H24FN3/c1-28-13-10-18(11-14-28)24-17-29(22-7-5-21(26)6-8-22)25-9-4-19(15-23(24)25)20-3-2-12-27-16-20/h2-9,12,15-18H,10-11,13-14H2,1H3. The van der Waals surface area contributed by atoms with Crippen LogP contribution in [0, 0.1) is 5.82 Å². The van der Waals surface area contributed by atoms with Crippen molar-refractivity contribution in [2.24, 2.45) is 0 Å². The Kier molecular flexibility index (Phi) is 4.64. The van der Waals surface area contributed by atoms with Crippen LogP contribution in [0.2, 0.25) is 0 Å². The lowest BCUT2D eigenvalue weighted by atomic mass is 9.89. The normalized spacial score (nSPS) is 15.8.